The van der Waals surface area contributed by atoms with E-state index in [1.54, 1.807) is 19.2 Å². The molecule has 0 bridgehead atoms. The molecule has 0 aliphatic rings. The Morgan fingerprint density at radius 3 is 2.43 bits per heavy atom. The second-order valence-electron chi connectivity index (χ2n) is 4.97. The van der Waals surface area contributed by atoms with Crippen LogP contribution in [0, 0.1) is 12.7 Å². The molecule has 1 heterocycles. The van der Waals surface area contributed by atoms with Crippen LogP contribution >= 0.6 is 0 Å². The highest BCUT2D eigenvalue weighted by Crippen LogP contribution is 2.27. The van der Waals surface area contributed by atoms with Crippen LogP contribution in [0.3, 0.4) is 0 Å². The highest BCUT2D eigenvalue weighted by molar-refractivity contribution is 6.01. The average Bonchev–Trinajstić information content (AvgIpc) is 2.84. The van der Waals surface area contributed by atoms with Crippen molar-refractivity contribution in [1.82, 2.24) is 10.3 Å². The molecular formula is C17H15FN2O. The summed E-state index contributed by atoms with van der Waals surface area (Å²) in [7, 11) is 1.61. The summed E-state index contributed by atoms with van der Waals surface area (Å²) in [4.78, 5) is 15.0. The van der Waals surface area contributed by atoms with Gasteiger partial charge in [0.25, 0.3) is 5.91 Å². The smallest absolute Gasteiger partial charge is 0.267 e. The topological polar surface area (TPSA) is 44.9 Å². The van der Waals surface area contributed by atoms with Gasteiger partial charge in [0.1, 0.15) is 11.5 Å². The predicted molar refractivity (Wildman–Crippen MR) is 81.8 cm³/mol. The molecular weight excluding hydrogens is 267 g/mol. The first-order chi connectivity index (χ1) is 10.1. The Bertz CT molecular complexity index is 819. The fourth-order valence-electron chi connectivity index (χ4n) is 2.51. The monoisotopic (exact) mass is 282 g/mol. The van der Waals surface area contributed by atoms with E-state index in [0.717, 1.165) is 27.6 Å². The summed E-state index contributed by atoms with van der Waals surface area (Å²) in [5, 5.41) is 3.64. The lowest BCUT2D eigenvalue weighted by molar-refractivity contribution is 0.0958. The zero-order chi connectivity index (χ0) is 15.0. The van der Waals surface area contributed by atoms with E-state index < -0.39 is 0 Å². The summed E-state index contributed by atoms with van der Waals surface area (Å²) < 4.78 is 13.0. The number of halogens is 1. The van der Waals surface area contributed by atoms with Crippen LogP contribution in [0.5, 0.6) is 0 Å². The van der Waals surface area contributed by atoms with E-state index in [1.165, 1.54) is 12.1 Å². The number of benzene rings is 2. The van der Waals surface area contributed by atoms with Crippen molar-refractivity contribution in [2.45, 2.75) is 6.92 Å². The van der Waals surface area contributed by atoms with Gasteiger partial charge in [0.05, 0.1) is 0 Å². The number of aromatic nitrogens is 1. The molecule has 1 amide bonds. The van der Waals surface area contributed by atoms with Crippen LogP contribution in [0.15, 0.2) is 42.5 Å². The second-order valence-corrected chi connectivity index (χ2v) is 4.97. The second kappa shape index (κ2) is 5.05. The minimum atomic E-state index is -0.252. The van der Waals surface area contributed by atoms with Crippen LogP contribution in [0.1, 0.15) is 16.1 Å². The van der Waals surface area contributed by atoms with Crippen LogP contribution in [0.2, 0.25) is 0 Å². The zero-order valence-corrected chi connectivity index (χ0v) is 11.8. The number of carbonyl (C=O) groups excluding carboxylic acids is 1. The summed E-state index contributed by atoms with van der Waals surface area (Å²) in [5.74, 6) is -0.385. The third-order valence-electron chi connectivity index (χ3n) is 3.69. The number of aromatic amines is 1. The molecule has 106 valence electrons. The summed E-state index contributed by atoms with van der Waals surface area (Å²) in [6.07, 6.45) is 0. The Labute approximate surface area is 121 Å². The summed E-state index contributed by atoms with van der Waals surface area (Å²) >= 11 is 0. The number of hydrogen-bond acceptors (Lipinski definition) is 1. The van der Waals surface area contributed by atoms with Gasteiger partial charge in [-0.25, -0.2) is 4.39 Å². The van der Waals surface area contributed by atoms with Gasteiger partial charge in [0.15, 0.2) is 0 Å². The molecule has 0 unspecified atom stereocenters. The molecule has 0 spiro atoms. The molecule has 0 atom stereocenters. The molecule has 0 aliphatic carbocycles. The summed E-state index contributed by atoms with van der Waals surface area (Å²) in [6, 6.07) is 12.3. The number of carbonyl (C=O) groups is 1. The van der Waals surface area contributed by atoms with Gasteiger partial charge in [-0.05, 0) is 41.8 Å². The van der Waals surface area contributed by atoms with Gasteiger partial charge in [0, 0.05) is 18.0 Å². The standard InChI is InChI=1S/C17H15FN2O/c1-10-14-8-5-12(11-3-6-13(18)7-4-11)9-15(14)20-16(10)17(21)19-2/h3-9,20H,1-2H3,(H,19,21). The third-order valence-corrected chi connectivity index (χ3v) is 3.69. The summed E-state index contributed by atoms with van der Waals surface area (Å²) in [5.41, 5.74) is 4.31. The molecule has 0 saturated carbocycles. The fourth-order valence-corrected chi connectivity index (χ4v) is 2.51. The minimum absolute atomic E-state index is 0.132. The normalized spacial score (nSPS) is 10.8. The van der Waals surface area contributed by atoms with Crippen molar-refractivity contribution in [3.8, 4) is 11.1 Å². The first kappa shape index (κ1) is 13.4. The van der Waals surface area contributed by atoms with Crippen molar-refractivity contribution in [3.05, 3.63) is 59.5 Å². The minimum Gasteiger partial charge on any atom is -0.354 e. The molecule has 3 nitrogen and oxygen atoms in total. The maximum Gasteiger partial charge on any atom is 0.267 e. The van der Waals surface area contributed by atoms with Gasteiger partial charge in [-0.15, -0.1) is 0 Å². The summed E-state index contributed by atoms with van der Waals surface area (Å²) in [6.45, 7) is 1.92. The van der Waals surface area contributed by atoms with Crippen molar-refractivity contribution in [2.24, 2.45) is 0 Å². The lowest BCUT2D eigenvalue weighted by Gasteiger charge is -2.02. The molecule has 4 heteroatoms. The Kier molecular flexibility index (Phi) is 3.22. The number of aryl methyl sites for hydroxylation is 1. The first-order valence-electron chi connectivity index (χ1n) is 6.70. The largest absolute Gasteiger partial charge is 0.354 e. The Balaban J connectivity index is 2.12. The number of rotatable bonds is 2. The Morgan fingerprint density at radius 1 is 1.10 bits per heavy atom. The molecule has 0 saturated heterocycles. The van der Waals surface area contributed by atoms with Gasteiger partial charge in [-0.2, -0.15) is 0 Å². The molecule has 1 aromatic heterocycles. The lowest BCUT2D eigenvalue weighted by atomic mass is 10.0. The first-order valence-corrected chi connectivity index (χ1v) is 6.70. The Hall–Kier alpha value is -2.62. The highest BCUT2D eigenvalue weighted by Gasteiger charge is 2.13. The lowest BCUT2D eigenvalue weighted by Crippen LogP contribution is -2.18. The number of fused-ring (bicyclic) bond motifs is 1. The van der Waals surface area contributed by atoms with E-state index in [2.05, 4.69) is 10.3 Å². The molecule has 2 aromatic carbocycles. The molecule has 21 heavy (non-hydrogen) atoms. The Morgan fingerprint density at radius 2 is 1.76 bits per heavy atom. The molecule has 3 rings (SSSR count). The maximum absolute atomic E-state index is 13.0. The number of amides is 1. The molecule has 0 fully saturated rings. The third kappa shape index (κ3) is 2.29. The van der Waals surface area contributed by atoms with E-state index in [4.69, 9.17) is 0 Å². The van der Waals surface area contributed by atoms with Crippen LogP contribution in [0.25, 0.3) is 22.0 Å². The van der Waals surface area contributed by atoms with Crippen molar-refractivity contribution in [3.63, 3.8) is 0 Å². The quantitative estimate of drug-likeness (QED) is 0.740. The number of H-pyrrole nitrogens is 1. The van der Waals surface area contributed by atoms with Crippen molar-refractivity contribution >= 4 is 16.8 Å². The van der Waals surface area contributed by atoms with Crippen molar-refractivity contribution in [2.75, 3.05) is 7.05 Å². The van der Waals surface area contributed by atoms with Crippen molar-refractivity contribution in [1.29, 1.82) is 0 Å². The SMILES string of the molecule is CNC(=O)c1[nH]c2cc(-c3ccc(F)cc3)ccc2c1C. The maximum atomic E-state index is 13.0. The average molecular weight is 282 g/mol. The van der Waals surface area contributed by atoms with E-state index in [1.807, 2.05) is 25.1 Å². The van der Waals surface area contributed by atoms with Gasteiger partial charge in [-0.3, -0.25) is 4.79 Å². The van der Waals surface area contributed by atoms with Crippen molar-refractivity contribution < 1.29 is 9.18 Å². The van der Waals surface area contributed by atoms with Crippen LogP contribution in [-0.2, 0) is 0 Å². The number of hydrogen-bond donors (Lipinski definition) is 2. The van der Waals surface area contributed by atoms with Gasteiger partial charge in [0.2, 0.25) is 0 Å². The highest BCUT2D eigenvalue weighted by atomic mass is 19.1. The van der Waals surface area contributed by atoms with Crippen LogP contribution in [-0.4, -0.2) is 17.9 Å². The van der Waals surface area contributed by atoms with E-state index in [-0.39, 0.29) is 11.7 Å². The van der Waals surface area contributed by atoms with Gasteiger partial charge < -0.3 is 10.3 Å². The molecule has 0 radical (unpaired) electrons. The molecule has 2 N–H and O–H groups in total. The molecule has 3 aromatic rings. The number of nitrogens with one attached hydrogen (secondary N) is 2. The molecule has 0 aliphatic heterocycles. The van der Waals surface area contributed by atoms with E-state index in [9.17, 15) is 9.18 Å². The van der Waals surface area contributed by atoms with Gasteiger partial charge in [-0.1, -0.05) is 24.3 Å². The van der Waals surface area contributed by atoms with E-state index >= 15 is 0 Å². The fraction of sp³-hybridized carbons (Fsp3) is 0.118. The predicted octanol–water partition coefficient (Wildman–Crippen LogP) is 3.64. The zero-order valence-electron chi connectivity index (χ0n) is 11.8. The van der Waals surface area contributed by atoms with Crippen LogP contribution in [0.4, 0.5) is 4.39 Å². The van der Waals surface area contributed by atoms with E-state index in [0.29, 0.717) is 5.69 Å². The van der Waals surface area contributed by atoms with Crippen LogP contribution < -0.4 is 5.32 Å². The van der Waals surface area contributed by atoms with Gasteiger partial charge >= 0.3 is 0 Å².